The number of nitrogens with zero attached hydrogens (tertiary/aromatic N) is 2. The number of imidazole rings is 1. The fraction of sp³-hybridized carbons (Fsp3) is 0.250. The van der Waals surface area contributed by atoms with Crippen LogP contribution in [0.25, 0.3) is 27.3 Å². The number of hydrogen-bond donors (Lipinski definition) is 0. The molecule has 4 aromatic rings. The van der Waals surface area contributed by atoms with Crippen molar-refractivity contribution in [1.29, 1.82) is 0 Å². The number of halogens is 2. The Morgan fingerprint density at radius 2 is 1.88 bits per heavy atom. The number of benzene rings is 2. The van der Waals surface area contributed by atoms with Gasteiger partial charge in [-0.25, -0.2) is 13.8 Å². The van der Waals surface area contributed by atoms with Gasteiger partial charge in [0.15, 0.2) is 0 Å². The van der Waals surface area contributed by atoms with Crippen molar-refractivity contribution in [3.05, 3.63) is 59.4 Å². The monoisotopic (exact) mass is 326 g/mol. The lowest BCUT2D eigenvalue weighted by Gasteiger charge is -2.38. The fourth-order valence-corrected chi connectivity index (χ4v) is 3.86. The molecule has 1 aliphatic heterocycles. The van der Waals surface area contributed by atoms with Gasteiger partial charge in [0, 0.05) is 20.4 Å². The van der Waals surface area contributed by atoms with Crippen molar-refractivity contribution >= 4 is 27.3 Å². The molecule has 0 N–H and O–H groups in total. The van der Waals surface area contributed by atoms with E-state index >= 15 is 8.78 Å². The number of pyridine rings is 1. The van der Waals surface area contributed by atoms with Gasteiger partial charge in [0.05, 0.1) is 24.2 Å². The number of hydrogen-bond acceptors (Lipinski definition) is 1. The molecule has 0 aliphatic carbocycles. The second kappa shape index (κ2) is 3.94. The van der Waals surface area contributed by atoms with Gasteiger partial charge in [-0.2, -0.15) is 0 Å². The number of aromatic nitrogens is 2. The first-order valence-electron chi connectivity index (χ1n) is 9.73. The normalized spacial score (nSPS) is 21.0. The van der Waals surface area contributed by atoms with Crippen LogP contribution in [0.5, 0.6) is 0 Å². The molecule has 2 nitrogen and oxygen atoms in total. The molecular weight excluding hydrogens is 306 g/mol. The van der Waals surface area contributed by atoms with E-state index in [0.29, 0.717) is 16.4 Å². The van der Waals surface area contributed by atoms with Gasteiger partial charge in [-0.3, -0.25) is 4.40 Å². The molecule has 1 aliphatic rings. The molecule has 0 amide bonds. The Morgan fingerprint density at radius 1 is 1.12 bits per heavy atom. The first-order valence-corrected chi connectivity index (χ1v) is 7.73. The highest BCUT2D eigenvalue weighted by atomic mass is 19.3. The summed E-state index contributed by atoms with van der Waals surface area (Å²) in [5.74, 6) is -3.29. The van der Waals surface area contributed by atoms with Crippen LogP contribution in [0, 0.1) is 6.85 Å². The standard InChI is InChI=1S/C20H16F2N2/c1-11-8-9-14-17-16(11)12-6-4-5-7-13(12)18-23-10-15(24(17)18)19(2,3)20(14,21)22/h4-10H,1-3H3/i1D3,10D. The summed E-state index contributed by atoms with van der Waals surface area (Å²) in [5.41, 5.74) is -1.26. The molecule has 0 radical (unpaired) electrons. The molecule has 5 rings (SSSR count). The third-order valence-corrected chi connectivity index (χ3v) is 5.26. The lowest BCUT2D eigenvalue weighted by molar-refractivity contribution is -0.0759. The van der Waals surface area contributed by atoms with Crippen LogP contribution in [0.3, 0.4) is 0 Å². The summed E-state index contributed by atoms with van der Waals surface area (Å²) < 4.78 is 64.9. The van der Waals surface area contributed by atoms with Crippen molar-refractivity contribution in [1.82, 2.24) is 9.38 Å². The van der Waals surface area contributed by atoms with E-state index in [1.807, 2.05) is 0 Å². The highest BCUT2D eigenvalue weighted by Crippen LogP contribution is 2.53. The second-order valence-corrected chi connectivity index (χ2v) is 6.86. The van der Waals surface area contributed by atoms with Crippen LogP contribution >= 0.6 is 0 Å². The fourth-order valence-electron chi connectivity index (χ4n) is 3.86. The topological polar surface area (TPSA) is 17.3 Å². The van der Waals surface area contributed by atoms with E-state index in [2.05, 4.69) is 4.98 Å². The minimum Gasteiger partial charge on any atom is -0.295 e. The van der Waals surface area contributed by atoms with Crippen molar-refractivity contribution in [2.75, 3.05) is 0 Å². The first kappa shape index (κ1) is 10.4. The van der Waals surface area contributed by atoms with Crippen LogP contribution in [-0.4, -0.2) is 9.38 Å². The minimum absolute atomic E-state index is 0.0195. The quantitative estimate of drug-likeness (QED) is 0.399. The van der Waals surface area contributed by atoms with Crippen LogP contribution < -0.4 is 0 Å². The largest absolute Gasteiger partial charge is 0.295 e. The maximum absolute atomic E-state index is 15.6. The number of fused-ring (bicyclic) bond motifs is 3. The van der Waals surface area contributed by atoms with Crippen LogP contribution in [0.4, 0.5) is 8.78 Å². The van der Waals surface area contributed by atoms with Crippen LogP contribution in [-0.2, 0) is 11.3 Å². The van der Waals surface area contributed by atoms with E-state index in [4.69, 9.17) is 5.48 Å². The van der Waals surface area contributed by atoms with Crippen molar-refractivity contribution in [3.63, 3.8) is 0 Å². The van der Waals surface area contributed by atoms with Gasteiger partial charge in [0.2, 0.25) is 0 Å². The highest BCUT2D eigenvalue weighted by Gasteiger charge is 2.54. The van der Waals surface area contributed by atoms with E-state index in [-0.39, 0.29) is 33.9 Å². The molecule has 0 saturated heterocycles. The summed E-state index contributed by atoms with van der Waals surface area (Å²) in [4.78, 5) is 4.30. The van der Waals surface area contributed by atoms with Gasteiger partial charge in [0.25, 0.3) is 5.92 Å². The molecule has 24 heavy (non-hydrogen) atoms. The molecule has 2 aromatic heterocycles. The Labute approximate surface area is 143 Å². The third-order valence-electron chi connectivity index (χ3n) is 5.26. The summed E-state index contributed by atoms with van der Waals surface area (Å²) in [6, 6.07) is 9.54. The summed E-state index contributed by atoms with van der Waals surface area (Å²) in [7, 11) is 0. The van der Waals surface area contributed by atoms with Gasteiger partial charge in [-0.15, -0.1) is 0 Å². The summed E-state index contributed by atoms with van der Waals surface area (Å²) >= 11 is 0. The lowest BCUT2D eigenvalue weighted by Crippen LogP contribution is -2.42. The van der Waals surface area contributed by atoms with Crippen molar-refractivity contribution in [2.45, 2.75) is 32.0 Å². The molecule has 0 fully saturated rings. The van der Waals surface area contributed by atoms with Crippen LogP contribution in [0.2, 0.25) is 0 Å². The van der Waals surface area contributed by atoms with Crippen molar-refractivity contribution in [3.8, 4) is 0 Å². The maximum Gasteiger partial charge on any atom is 0.285 e. The Morgan fingerprint density at radius 3 is 2.62 bits per heavy atom. The van der Waals surface area contributed by atoms with Crippen molar-refractivity contribution in [2.24, 2.45) is 0 Å². The predicted octanol–water partition coefficient (Wildman–Crippen LogP) is 5.33. The number of alkyl halides is 2. The average Bonchev–Trinajstić information content (AvgIpc) is 2.97. The Hall–Kier alpha value is -2.49. The van der Waals surface area contributed by atoms with E-state index in [1.54, 1.807) is 28.7 Å². The molecule has 4 heteroatoms. The number of rotatable bonds is 0. The number of aryl methyl sites for hydroxylation is 1. The van der Waals surface area contributed by atoms with Gasteiger partial charge in [0.1, 0.15) is 5.65 Å². The van der Waals surface area contributed by atoms with Gasteiger partial charge in [-0.05, 0) is 31.6 Å². The molecule has 0 unspecified atom stereocenters. The Balaban J connectivity index is 2.23. The minimum atomic E-state index is -3.29. The van der Waals surface area contributed by atoms with E-state index < -0.39 is 18.2 Å². The summed E-state index contributed by atoms with van der Waals surface area (Å²) in [6.45, 7) is 0.327. The van der Waals surface area contributed by atoms with E-state index in [9.17, 15) is 0 Å². The SMILES string of the molecule is [2H]c1nc2c3ccccc3c3c(C([2H])([2H])[2H])ccc4c3n2c1C(C)(C)C4(F)F. The smallest absolute Gasteiger partial charge is 0.285 e. The lowest BCUT2D eigenvalue weighted by atomic mass is 9.75. The predicted molar refractivity (Wildman–Crippen MR) is 91.9 cm³/mol. The maximum atomic E-state index is 15.6. The zero-order valence-corrected chi connectivity index (χ0v) is 13.1. The van der Waals surface area contributed by atoms with Crippen molar-refractivity contribution < 1.29 is 14.3 Å². The van der Waals surface area contributed by atoms with Crippen LogP contribution in [0.15, 0.2) is 42.6 Å². The Bertz CT molecular complexity index is 1320. The molecule has 3 heterocycles. The van der Waals surface area contributed by atoms with Gasteiger partial charge >= 0.3 is 0 Å². The average molecular weight is 326 g/mol. The van der Waals surface area contributed by atoms with E-state index in [1.165, 1.54) is 26.0 Å². The zero-order chi connectivity index (χ0) is 20.2. The molecule has 0 saturated carbocycles. The molecule has 2 aromatic carbocycles. The van der Waals surface area contributed by atoms with Crippen LogP contribution in [0.1, 0.15) is 36.2 Å². The molecular formula is C20H16F2N2. The highest BCUT2D eigenvalue weighted by molar-refractivity contribution is 6.14. The molecule has 0 spiro atoms. The third kappa shape index (κ3) is 1.31. The second-order valence-electron chi connectivity index (χ2n) is 6.86. The zero-order valence-electron chi connectivity index (χ0n) is 17.1. The van der Waals surface area contributed by atoms with Gasteiger partial charge < -0.3 is 0 Å². The summed E-state index contributed by atoms with van der Waals surface area (Å²) in [5, 5.41) is 1.46. The Kier molecular flexibility index (Phi) is 1.71. The molecule has 120 valence electrons. The first-order chi connectivity index (χ1) is 13.0. The summed E-state index contributed by atoms with van der Waals surface area (Å²) in [6.07, 6.45) is -0.215. The molecule has 0 bridgehead atoms. The van der Waals surface area contributed by atoms with E-state index in [0.717, 1.165) is 0 Å². The molecule has 0 atom stereocenters. The van der Waals surface area contributed by atoms with Gasteiger partial charge in [-0.1, -0.05) is 36.4 Å².